The quantitative estimate of drug-likeness (QED) is 0.280. The Bertz CT molecular complexity index is 423. The van der Waals surface area contributed by atoms with Gasteiger partial charge in [0.2, 0.25) is 0 Å². The fourth-order valence-corrected chi connectivity index (χ4v) is 2.11. The van der Waals surface area contributed by atoms with Gasteiger partial charge in [0.05, 0.1) is 0 Å². The van der Waals surface area contributed by atoms with Gasteiger partial charge in [0.1, 0.15) is 0 Å². The van der Waals surface area contributed by atoms with Crippen LogP contribution in [0.15, 0.2) is 35.5 Å². The molecule has 0 fully saturated rings. The van der Waals surface area contributed by atoms with Gasteiger partial charge in [0.25, 0.3) is 0 Å². The molecule has 0 aromatic carbocycles. The fourth-order valence-electron chi connectivity index (χ4n) is 2.11. The van der Waals surface area contributed by atoms with Gasteiger partial charge < -0.3 is 29.7 Å². The van der Waals surface area contributed by atoms with Crippen molar-refractivity contribution in [1.82, 2.24) is 0 Å². The van der Waals surface area contributed by atoms with Crippen molar-refractivity contribution in [3.8, 4) is 0 Å². The molecule has 2 atom stereocenters. The van der Waals surface area contributed by atoms with E-state index in [0.29, 0.717) is 22.7 Å². The van der Waals surface area contributed by atoms with E-state index in [0.717, 1.165) is 0 Å². The molecule has 0 radical (unpaired) electrons. The van der Waals surface area contributed by atoms with E-state index in [1.807, 2.05) is 6.88 Å². The summed E-state index contributed by atoms with van der Waals surface area (Å²) < 4.78 is 0. The first-order chi connectivity index (χ1) is 10.00. The Kier molecular flexibility index (Phi) is 22.8. The van der Waals surface area contributed by atoms with E-state index in [1.54, 1.807) is 23.3 Å². The SMILES string of the molecule is CC1[C-]=CC(C(C)(C)C)=C1.CC1[C-]=CC(C(C)(C)C)=C1.[CH3-].[CH3-].[CH3-].[CH3-].[SiH2]=[Zr]. The fraction of sp³-hybridized carbons (Fsp3) is 0.500. The number of allylic oxidation sites excluding steroid dienone is 8. The van der Waals surface area contributed by atoms with Crippen LogP contribution in [-0.2, 0) is 23.3 Å². The number of hydrogen-bond acceptors (Lipinski definition) is 0. The maximum atomic E-state index is 3.26. The van der Waals surface area contributed by atoms with Gasteiger partial charge in [-0.15, -0.1) is 0 Å². The van der Waals surface area contributed by atoms with Crippen molar-refractivity contribution in [3.63, 3.8) is 0 Å². The summed E-state index contributed by atoms with van der Waals surface area (Å²) in [6.45, 7) is 19.7. The Labute approximate surface area is 184 Å². The van der Waals surface area contributed by atoms with Crippen LogP contribution in [0.4, 0.5) is 0 Å². The molecule has 154 valence electrons. The first-order valence-corrected chi connectivity index (χ1v) is 13.9. The van der Waals surface area contributed by atoms with Crippen LogP contribution in [0.5, 0.6) is 0 Å². The van der Waals surface area contributed by atoms with Gasteiger partial charge in [-0.25, -0.2) is 12.2 Å². The predicted molar refractivity (Wildman–Crippen MR) is 123 cm³/mol. The normalized spacial score (nSPS) is 19.5. The van der Waals surface area contributed by atoms with Crippen molar-refractivity contribution in [2.45, 2.75) is 55.4 Å². The van der Waals surface area contributed by atoms with Crippen LogP contribution in [0.2, 0.25) is 0 Å². The summed E-state index contributed by atoms with van der Waals surface area (Å²) in [7, 11) is 0. The molecule has 0 amide bonds. The average molecular weight is 452 g/mol. The molecule has 2 aliphatic carbocycles. The third-order valence-electron chi connectivity index (χ3n) is 3.59. The molecule has 0 aromatic rings. The Morgan fingerprint density at radius 1 is 0.692 bits per heavy atom. The first-order valence-electron chi connectivity index (χ1n) is 7.98. The average Bonchev–Trinajstić information content (AvgIpc) is 3.00. The van der Waals surface area contributed by atoms with Gasteiger partial charge in [-0.1, -0.05) is 78.1 Å². The third kappa shape index (κ3) is 14.2. The van der Waals surface area contributed by atoms with Crippen LogP contribution in [0.25, 0.3) is 0 Å². The van der Waals surface area contributed by atoms with Crippen LogP contribution in [0, 0.1) is 64.5 Å². The second-order valence-corrected chi connectivity index (χ2v) is 7.94. The zero-order chi connectivity index (χ0) is 17.6. The van der Waals surface area contributed by atoms with E-state index in [2.05, 4.69) is 91.8 Å². The van der Waals surface area contributed by atoms with Crippen molar-refractivity contribution in [2.75, 3.05) is 0 Å². The van der Waals surface area contributed by atoms with Gasteiger partial charge in [-0.3, -0.25) is 12.2 Å². The second kappa shape index (κ2) is 16.1. The topological polar surface area (TPSA) is 0 Å². The summed E-state index contributed by atoms with van der Waals surface area (Å²) in [5.41, 5.74) is 3.44. The minimum absolute atomic E-state index is 0. The molecule has 0 spiro atoms. The van der Waals surface area contributed by atoms with Crippen molar-refractivity contribution < 1.29 is 23.3 Å². The molecule has 0 saturated carbocycles. The molecule has 0 saturated heterocycles. The van der Waals surface area contributed by atoms with E-state index in [4.69, 9.17) is 0 Å². The molecule has 0 aromatic heterocycles. The van der Waals surface area contributed by atoms with Crippen LogP contribution in [0.3, 0.4) is 0 Å². The van der Waals surface area contributed by atoms with Crippen molar-refractivity contribution in [3.05, 3.63) is 77.3 Å². The molecule has 0 N–H and O–H groups in total. The molecule has 2 unspecified atom stereocenters. The first kappa shape index (κ1) is 36.9. The molecular weight excluding hydrogens is 408 g/mol. The standard InChI is InChI=1S/2C10H15.4CH3.H2Si.Zr/c2*1-8-5-6-9(7-8)10(2,3)4;;;;;;/h2*6-8H,1-4H3;4*1H3;1H2;/q6*-1;;. The van der Waals surface area contributed by atoms with Gasteiger partial charge >= 0.3 is 30.2 Å². The van der Waals surface area contributed by atoms with E-state index >= 15 is 0 Å². The molecule has 0 bridgehead atoms. The zero-order valence-electron chi connectivity index (χ0n) is 19.7. The van der Waals surface area contributed by atoms with Crippen molar-refractivity contribution in [2.24, 2.45) is 22.7 Å². The Balaban J connectivity index is -0.0000000904. The predicted octanol–water partition coefficient (Wildman–Crippen LogP) is 6.82. The van der Waals surface area contributed by atoms with Crippen LogP contribution in [-0.4, -0.2) is 6.88 Å². The molecule has 26 heavy (non-hydrogen) atoms. The second-order valence-electron chi connectivity index (χ2n) is 7.94. The third-order valence-corrected chi connectivity index (χ3v) is 3.59. The molecule has 2 rings (SSSR count). The van der Waals surface area contributed by atoms with E-state index < -0.39 is 0 Å². The molecule has 2 aliphatic rings. The van der Waals surface area contributed by atoms with E-state index in [1.165, 1.54) is 11.1 Å². The van der Waals surface area contributed by atoms with Crippen LogP contribution in [0.1, 0.15) is 55.4 Å². The summed E-state index contributed by atoms with van der Waals surface area (Å²) in [6, 6.07) is 0. The molecule has 0 aliphatic heterocycles. The summed E-state index contributed by atoms with van der Waals surface area (Å²) in [6.07, 6.45) is 15.3. The zero-order valence-corrected chi connectivity index (χ0v) is 23.5. The summed E-state index contributed by atoms with van der Waals surface area (Å²) in [5, 5.41) is 0. The Morgan fingerprint density at radius 3 is 1.00 bits per heavy atom. The Morgan fingerprint density at radius 2 is 0.923 bits per heavy atom. The van der Waals surface area contributed by atoms with Crippen LogP contribution >= 0.6 is 0 Å². The summed E-state index contributed by atoms with van der Waals surface area (Å²) >= 11 is 1.58. The molecule has 0 nitrogen and oxygen atoms in total. The minimum atomic E-state index is 0. The van der Waals surface area contributed by atoms with Gasteiger partial charge in [-0.05, 0) is 0 Å². The molecule has 0 heterocycles. The molecule has 2 heteroatoms. The number of hydrogen-bond donors (Lipinski definition) is 0. The van der Waals surface area contributed by atoms with E-state index in [9.17, 15) is 0 Å². The van der Waals surface area contributed by atoms with Crippen molar-refractivity contribution in [1.29, 1.82) is 0 Å². The molecular formula is C24H44SiZr-6. The summed E-state index contributed by atoms with van der Waals surface area (Å²) in [5.74, 6) is 1.04. The maximum absolute atomic E-state index is 3.26. The van der Waals surface area contributed by atoms with Crippen molar-refractivity contribution >= 4 is 6.88 Å². The summed E-state index contributed by atoms with van der Waals surface area (Å²) in [4.78, 5) is 0. The van der Waals surface area contributed by atoms with Gasteiger partial charge in [0.15, 0.2) is 0 Å². The monoisotopic (exact) mass is 450 g/mol. The van der Waals surface area contributed by atoms with Gasteiger partial charge in [0, 0.05) is 0 Å². The van der Waals surface area contributed by atoms with E-state index in [-0.39, 0.29) is 29.7 Å². The van der Waals surface area contributed by atoms with Crippen LogP contribution < -0.4 is 0 Å². The van der Waals surface area contributed by atoms with Gasteiger partial charge in [-0.2, -0.15) is 23.3 Å². The number of rotatable bonds is 0. The Hall–Kier alpha value is 0.0600.